The molecule has 1 fully saturated rings. The van der Waals surface area contributed by atoms with Crippen LogP contribution in [0, 0.1) is 10.1 Å². The number of hydrogen-bond donors (Lipinski definition) is 0. The van der Waals surface area contributed by atoms with E-state index in [-0.39, 0.29) is 17.8 Å². The Bertz CT molecular complexity index is 640. The summed E-state index contributed by atoms with van der Waals surface area (Å²) in [4.78, 5) is 10.3. The highest BCUT2D eigenvalue weighted by molar-refractivity contribution is 7.88. The van der Waals surface area contributed by atoms with Gasteiger partial charge in [-0.05, 0) is 24.0 Å². The number of nitro groups is 1. The lowest BCUT2D eigenvalue weighted by atomic mass is 9.91. The minimum Gasteiger partial charge on any atom is -0.258 e. The van der Waals surface area contributed by atoms with Gasteiger partial charge in [0.1, 0.15) is 0 Å². The molecule has 3 rings (SSSR count). The number of nitro benzene ring substituents is 1. The summed E-state index contributed by atoms with van der Waals surface area (Å²) in [5, 5.41) is 10.8. The van der Waals surface area contributed by atoms with Gasteiger partial charge in [-0.3, -0.25) is 10.1 Å². The van der Waals surface area contributed by atoms with Gasteiger partial charge in [-0.15, -0.1) is 0 Å². The molecule has 1 saturated heterocycles. The highest BCUT2D eigenvalue weighted by Gasteiger charge is 2.48. The van der Waals surface area contributed by atoms with Crippen LogP contribution in [0.3, 0.4) is 0 Å². The van der Waals surface area contributed by atoms with Crippen molar-refractivity contribution in [3.05, 3.63) is 39.4 Å². The Morgan fingerprint density at radius 3 is 2.44 bits per heavy atom. The van der Waals surface area contributed by atoms with Gasteiger partial charge in [0, 0.05) is 12.1 Å². The van der Waals surface area contributed by atoms with Crippen molar-refractivity contribution < 1.29 is 13.3 Å². The van der Waals surface area contributed by atoms with Crippen molar-refractivity contribution in [2.24, 2.45) is 0 Å². The summed E-state index contributed by atoms with van der Waals surface area (Å²) in [6.45, 7) is 0. The molecule has 1 aromatic rings. The largest absolute Gasteiger partial charge is 0.269 e. The smallest absolute Gasteiger partial charge is 0.258 e. The standard InChI is InChI=1S/C11H12N2O4S/c1-18(16,17)12-10-4-5-11(12)9-6-7(13(14)15)2-3-8(9)10/h2-3,6,10-11H,4-5H2,1H3. The Hall–Kier alpha value is -1.47. The van der Waals surface area contributed by atoms with E-state index in [1.807, 2.05) is 0 Å². The number of non-ortho nitro benzene ring substituents is 1. The molecule has 0 amide bonds. The lowest BCUT2D eigenvalue weighted by Crippen LogP contribution is -2.26. The van der Waals surface area contributed by atoms with Crippen LogP contribution in [-0.4, -0.2) is 23.9 Å². The summed E-state index contributed by atoms with van der Waals surface area (Å²) >= 11 is 0. The molecule has 0 aliphatic carbocycles. The quantitative estimate of drug-likeness (QED) is 0.604. The Morgan fingerprint density at radius 1 is 1.28 bits per heavy atom. The van der Waals surface area contributed by atoms with Gasteiger partial charge in [0.25, 0.3) is 5.69 Å². The molecule has 2 aliphatic heterocycles. The number of benzene rings is 1. The number of rotatable bonds is 2. The lowest BCUT2D eigenvalue weighted by Gasteiger charge is -2.18. The van der Waals surface area contributed by atoms with Crippen molar-refractivity contribution in [3.8, 4) is 0 Å². The average molecular weight is 268 g/mol. The maximum Gasteiger partial charge on any atom is 0.269 e. The second-order valence-corrected chi connectivity index (χ2v) is 6.66. The van der Waals surface area contributed by atoms with Gasteiger partial charge in [-0.25, -0.2) is 8.42 Å². The van der Waals surface area contributed by atoms with Crippen molar-refractivity contribution in [1.29, 1.82) is 0 Å². The third-order valence-electron chi connectivity index (χ3n) is 3.71. The van der Waals surface area contributed by atoms with E-state index in [0.717, 1.165) is 24.0 Å². The normalized spacial score (nSPS) is 26.3. The van der Waals surface area contributed by atoms with E-state index in [4.69, 9.17) is 0 Å². The molecule has 18 heavy (non-hydrogen) atoms. The third kappa shape index (κ3) is 1.47. The summed E-state index contributed by atoms with van der Waals surface area (Å²) < 4.78 is 25.0. The van der Waals surface area contributed by atoms with Gasteiger partial charge in [0.15, 0.2) is 0 Å². The van der Waals surface area contributed by atoms with E-state index >= 15 is 0 Å². The number of sulfonamides is 1. The summed E-state index contributed by atoms with van der Waals surface area (Å²) in [5.41, 5.74) is 1.74. The molecule has 0 spiro atoms. The molecule has 6 nitrogen and oxygen atoms in total. The molecule has 0 radical (unpaired) electrons. The molecule has 2 unspecified atom stereocenters. The fraction of sp³-hybridized carbons (Fsp3) is 0.455. The van der Waals surface area contributed by atoms with E-state index in [2.05, 4.69) is 0 Å². The monoisotopic (exact) mass is 268 g/mol. The molecule has 2 bridgehead atoms. The molecule has 0 N–H and O–H groups in total. The van der Waals surface area contributed by atoms with Gasteiger partial charge < -0.3 is 0 Å². The predicted octanol–water partition coefficient (Wildman–Crippen LogP) is 1.75. The SMILES string of the molecule is CS(=O)(=O)N1C2CCC1c1cc([N+](=O)[O-])ccc12. The minimum atomic E-state index is -3.28. The zero-order valence-corrected chi connectivity index (χ0v) is 10.6. The van der Waals surface area contributed by atoms with Gasteiger partial charge in [-0.1, -0.05) is 6.07 Å². The zero-order valence-electron chi connectivity index (χ0n) is 9.74. The van der Waals surface area contributed by atoms with Crippen LogP contribution in [0.5, 0.6) is 0 Å². The Labute approximate surface area is 104 Å². The van der Waals surface area contributed by atoms with Gasteiger partial charge in [-0.2, -0.15) is 4.31 Å². The Morgan fingerprint density at radius 2 is 1.89 bits per heavy atom. The topological polar surface area (TPSA) is 80.5 Å². The summed E-state index contributed by atoms with van der Waals surface area (Å²) in [7, 11) is -3.28. The molecule has 2 aliphatic rings. The van der Waals surface area contributed by atoms with Crippen molar-refractivity contribution in [1.82, 2.24) is 4.31 Å². The molecule has 96 valence electrons. The lowest BCUT2D eigenvalue weighted by molar-refractivity contribution is -0.384. The summed E-state index contributed by atoms with van der Waals surface area (Å²) in [6, 6.07) is 4.29. The molecule has 7 heteroatoms. The minimum absolute atomic E-state index is 0.0229. The Kier molecular flexibility index (Phi) is 2.27. The van der Waals surface area contributed by atoms with Gasteiger partial charge >= 0.3 is 0 Å². The highest BCUT2D eigenvalue weighted by Crippen LogP contribution is 2.54. The molecule has 2 atom stereocenters. The van der Waals surface area contributed by atoms with Crippen molar-refractivity contribution in [3.63, 3.8) is 0 Å². The van der Waals surface area contributed by atoms with E-state index in [1.54, 1.807) is 6.07 Å². The van der Waals surface area contributed by atoms with Gasteiger partial charge in [0.05, 0.1) is 23.3 Å². The molecular formula is C11H12N2O4S. The van der Waals surface area contributed by atoms with Crippen LogP contribution in [-0.2, 0) is 10.0 Å². The second kappa shape index (κ2) is 3.52. The average Bonchev–Trinajstić information content (AvgIpc) is 2.84. The Balaban J connectivity index is 2.13. The number of fused-ring (bicyclic) bond motifs is 5. The second-order valence-electron chi connectivity index (χ2n) is 4.77. The molecule has 0 saturated carbocycles. The fourth-order valence-corrected chi connectivity index (χ4v) is 4.47. The molecule has 2 heterocycles. The number of hydrogen-bond acceptors (Lipinski definition) is 4. The van der Waals surface area contributed by atoms with Crippen LogP contribution in [0.4, 0.5) is 5.69 Å². The maximum absolute atomic E-state index is 11.8. The summed E-state index contributed by atoms with van der Waals surface area (Å²) in [6.07, 6.45) is 2.73. The van der Waals surface area contributed by atoms with E-state index < -0.39 is 14.9 Å². The zero-order chi connectivity index (χ0) is 13.1. The van der Waals surface area contributed by atoms with Crippen LogP contribution in [0.15, 0.2) is 18.2 Å². The maximum atomic E-state index is 11.8. The van der Waals surface area contributed by atoms with Crippen molar-refractivity contribution >= 4 is 15.7 Å². The predicted molar refractivity (Wildman–Crippen MR) is 64.5 cm³/mol. The fourth-order valence-electron chi connectivity index (χ4n) is 3.10. The van der Waals surface area contributed by atoms with E-state index in [0.29, 0.717) is 0 Å². The van der Waals surface area contributed by atoms with Crippen molar-refractivity contribution in [2.75, 3.05) is 6.26 Å². The first-order valence-corrected chi connectivity index (χ1v) is 7.51. The highest BCUT2D eigenvalue weighted by atomic mass is 32.2. The van der Waals surface area contributed by atoms with Gasteiger partial charge in [0.2, 0.25) is 10.0 Å². The van der Waals surface area contributed by atoms with Crippen LogP contribution in [0.2, 0.25) is 0 Å². The van der Waals surface area contributed by atoms with Crippen LogP contribution < -0.4 is 0 Å². The molecule has 1 aromatic carbocycles. The third-order valence-corrected chi connectivity index (χ3v) is 4.98. The van der Waals surface area contributed by atoms with Crippen LogP contribution in [0.25, 0.3) is 0 Å². The van der Waals surface area contributed by atoms with E-state index in [1.165, 1.54) is 22.7 Å². The molecular weight excluding hydrogens is 256 g/mol. The van der Waals surface area contributed by atoms with Crippen molar-refractivity contribution in [2.45, 2.75) is 24.9 Å². The summed E-state index contributed by atoms with van der Waals surface area (Å²) in [5.74, 6) is 0. The number of nitrogens with zero attached hydrogens (tertiary/aromatic N) is 2. The molecule has 0 aromatic heterocycles. The first kappa shape index (κ1) is 11.6. The first-order chi connectivity index (χ1) is 8.39. The van der Waals surface area contributed by atoms with Crippen LogP contribution in [0.1, 0.15) is 36.1 Å². The van der Waals surface area contributed by atoms with Crippen LogP contribution >= 0.6 is 0 Å². The van der Waals surface area contributed by atoms with E-state index in [9.17, 15) is 18.5 Å². The first-order valence-electron chi connectivity index (χ1n) is 5.66.